The monoisotopic (exact) mass is 336 g/mol. The Bertz CT molecular complexity index is 862. The molecule has 0 aliphatic heterocycles. The van der Waals surface area contributed by atoms with Crippen molar-refractivity contribution in [3.05, 3.63) is 46.6 Å². The molecule has 5 nitrogen and oxygen atoms in total. The van der Waals surface area contributed by atoms with Crippen LogP contribution < -0.4 is 0 Å². The fourth-order valence-corrected chi connectivity index (χ4v) is 2.44. The van der Waals surface area contributed by atoms with Crippen molar-refractivity contribution < 1.29 is 15.3 Å². The molecule has 0 aliphatic carbocycles. The van der Waals surface area contributed by atoms with Gasteiger partial charge in [0.05, 0.1) is 21.9 Å². The van der Waals surface area contributed by atoms with E-state index in [2.05, 4.69) is 10.2 Å². The first-order valence-corrected chi connectivity index (χ1v) is 6.97. The topological polar surface area (TPSA) is 89.4 Å². The highest BCUT2D eigenvalue weighted by Gasteiger charge is 2.18. The van der Waals surface area contributed by atoms with Gasteiger partial charge in [-0.1, -0.05) is 29.3 Å². The van der Waals surface area contributed by atoms with E-state index in [1.165, 1.54) is 12.1 Å². The maximum atomic E-state index is 10.0. The Morgan fingerprint density at radius 2 is 1.64 bits per heavy atom. The third-order valence-electron chi connectivity index (χ3n) is 3.27. The average Bonchev–Trinajstić information content (AvgIpc) is 2.97. The molecular weight excluding hydrogens is 327 g/mol. The fraction of sp³-hybridized carbons (Fsp3) is 0. The number of aromatic hydroxyl groups is 3. The predicted molar refractivity (Wildman–Crippen MR) is 84.5 cm³/mol. The summed E-state index contributed by atoms with van der Waals surface area (Å²) in [5.41, 5.74) is 2.18. The number of benzene rings is 2. The number of H-pyrrole nitrogens is 1. The second-order valence-corrected chi connectivity index (χ2v) is 5.43. The smallest absolute Gasteiger partial charge is 0.200 e. The van der Waals surface area contributed by atoms with Crippen LogP contribution in [0.2, 0.25) is 10.0 Å². The Morgan fingerprint density at radius 3 is 2.36 bits per heavy atom. The van der Waals surface area contributed by atoms with Crippen LogP contribution in [0.4, 0.5) is 0 Å². The Hall–Kier alpha value is -2.37. The molecule has 7 heteroatoms. The lowest BCUT2D eigenvalue weighted by Crippen LogP contribution is -1.85. The van der Waals surface area contributed by atoms with Crippen LogP contribution >= 0.6 is 23.2 Å². The summed E-state index contributed by atoms with van der Waals surface area (Å²) in [5.74, 6) is -1.44. The van der Waals surface area contributed by atoms with Crippen molar-refractivity contribution in [3.63, 3.8) is 0 Å². The predicted octanol–water partition coefficient (Wildman–Crippen LogP) is 4.17. The summed E-state index contributed by atoms with van der Waals surface area (Å²) in [7, 11) is 0. The number of halogens is 2. The van der Waals surface area contributed by atoms with Crippen molar-refractivity contribution >= 4 is 23.2 Å². The molecule has 1 aromatic heterocycles. The van der Waals surface area contributed by atoms with Crippen molar-refractivity contribution in [1.82, 2.24) is 10.2 Å². The molecule has 22 heavy (non-hydrogen) atoms. The zero-order valence-electron chi connectivity index (χ0n) is 11.0. The van der Waals surface area contributed by atoms with E-state index in [1.807, 2.05) is 0 Å². The number of hydrogen-bond donors (Lipinski definition) is 4. The van der Waals surface area contributed by atoms with E-state index >= 15 is 0 Å². The van der Waals surface area contributed by atoms with Crippen LogP contribution in [0.15, 0.2) is 36.5 Å². The van der Waals surface area contributed by atoms with E-state index in [0.29, 0.717) is 26.9 Å². The molecule has 2 aromatic carbocycles. The van der Waals surface area contributed by atoms with Gasteiger partial charge in [0.15, 0.2) is 11.5 Å². The highest BCUT2D eigenvalue weighted by molar-refractivity contribution is 6.42. The molecule has 3 rings (SSSR count). The van der Waals surface area contributed by atoms with Crippen molar-refractivity contribution in [3.8, 4) is 39.6 Å². The van der Waals surface area contributed by atoms with Gasteiger partial charge in [0.2, 0.25) is 5.75 Å². The molecule has 0 amide bonds. The molecule has 0 saturated heterocycles. The largest absolute Gasteiger partial charge is 0.504 e. The van der Waals surface area contributed by atoms with Gasteiger partial charge in [-0.05, 0) is 29.8 Å². The number of hydrogen-bond acceptors (Lipinski definition) is 4. The van der Waals surface area contributed by atoms with Crippen molar-refractivity contribution in [2.45, 2.75) is 0 Å². The van der Waals surface area contributed by atoms with Crippen molar-refractivity contribution in [2.75, 3.05) is 0 Å². The first-order valence-electron chi connectivity index (χ1n) is 6.22. The number of aromatic nitrogens is 2. The minimum absolute atomic E-state index is 0.300. The quantitative estimate of drug-likeness (QED) is 0.529. The van der Waals surface area contributed by atoms with Crippen LogP contribution in [-0.2, 0) is 0 Å². The minimum atomic E-state index is -0.591. The highest BCUT2D eigenvalue weighted by Crippen LogP contribution is 2.44. The van der Waals surface area contributed by atoms with Crippen LogP contribution in [-0.4, -0.2) is 25.5 Å². The van der Waals surface area contributed by atoms with Gasteiger partial charge in [-0.2, -0.15) is 5.10 Å². The first kappa shape index (κ1) is 14.6. The maximum Gasteiger partial charge on any atom is 0.200 e. The SMILES string of the molecule is Oc1ccc(-c2[nH]ncc2-c2ccc(Cl)c(Cl)c2)c(O)c1O. The summed E-state index contributed by atoms with van der Waals surface area (Å²) in [5, 5.41) is 36.6. The average molecular weight is 337 g/mol. The summed E-state index contributed by atoms with van der Waals surface area (Å²) >= 11 is 11.9. The molecule has 0 unspecified atom stereocenters. The van der Waals surface area contributed by atoms with Gasteiger partial charge < -0.3 is 15.3 Å². The molecule has 4 N–H and O–H groups in total. The van der Waals surface area contributed by atoms with Crippen molar-refractivity contribution in [1.29, 1.82) is 0 Å². The summed E-state index contributed by atoms with van der Waals surface area (Å²) in [6, 6.07) is 7.85. The summed E-state index contributed by atoms with van der Waals surface area (Å²) < 4.78 is 0. The van der Waals surface area contributed by atoms with E-state index in [4.69, 9.17) is 23.2 Å². The second kappa shape index (κ2) is 5.44. The first-order chi connectivity index (χ1) is 10.5. The highest BCUT2D eigenvalue weighted by atomic mass is 35.5. The molecule has 0 bridgehead atoms. The van der Waals surface area contributed by atoms with Gasteiger partial charge in [-0.15, -0.1) is 0 Å². The van der Waals surface area contributed by atoms with E-state index in [1.54, 1.807) is 24.4 Å². The number of aromatic amines is 1. The fourth-order valence-electron chi connectivity index (χ4n) is 2.14. The van der Waals surface area contributed by atoms with Gasteiger partial charge in [-0.25, -0.2) is 0 Å². The third-order valence-corrected chi connectivity index (χ3v) is 4.01. The zero-order valence-corrected chi connectivity index (χ0v) is 12.5. The van der Waals surface area contributed by atoms with Gasteiger partial charge in [-0.3, -0.25) is 5.10 Å². The summed E-state index contributed by atoms with van der Waals surface area (Å²) in [6.45, 7) is 0. The summed E-state index contributed by atoms with van der Waals surface area (Å²) in [4.78, 5) is 0. The number of phenolic OH excluding ortho intramolecular Hbond substituents is 3. The molecule has 1 heterocycles. The lowest BCUT2D eigenvalue weighted by molar-refractivity contribution is 0.369. The molecule has 0 radical (unpaired) electrons. The normalized spacial score (nSPS) is 10.8. The lowest BCUT2D eigenvalue weighted by Gasteiger charge is -2.09. The molecule has 0 fully saturated rings. The third kappa shape index (κ3) is 2.34. The molecule has 0 saturated carbocycles. The molecule has 3 aromatic rings. The van der Waals surface area contributed by atoms with Gasteiger partial charge >= 0.3 is 0 Å². The standard InChI is InChI=1S/C15H10Cl2N2O3/c16-10-3-1-7(5-11(10)17)9-6-18-19-13(9)8-2-4-12(20)15(22)14(8)21/h1-6,20-22H,(H,18,19). The molecule has 0 aliphatic rings. The van der Waals surface area contributed by atoms with Gasteiger partial charge in [0.1, 0.15) is 0 Å². The van der Waals surface area contributed by atoms with Crippen LogP contribution in [0.3, 0.4) is 0 Å². The lowest BCUT2D eigenvalue weighted by atomic mass is 10.0. The van der Waals surface area contributed by atoms with Crippen LogP contribution in [0, 0.1) is 0 Å². The molecular formula is C15H10Cl2N2O3. The number of nitrogens with zero attached hydrogens (tertiary/aromatic N) is 1. The van der Waals surface area contributed by atoms with Crippen LogP contribution in [0.5, 0.6) is 17.2 Å². The number of nitrogens with one attached hydrogen (secondary N) is 1. The van der Waals surface area contributed by atoms with E-state index in [0.717, 1.165) is 5.56 Å². The van der Waals surface area contributed by atoms with E-state index in [9.17, 15) is 15.3 Å². The van der Waals surface area contributed by atoms with Crippen LogP contribution in [0.1, 0.15) is 0 Å². The summed E-state index contributed by atoms with van der Waals surface area (Å²) in [6.07, 6.45) is 1.57. The van der Waals surface area contributed by atoms with Crippen molar-refractivity contribution in [2.24, 2.45) is 0 Å². The second-order valence-electron chi connectivity index (χ2n) is 4.62. The minimum Gasteiger partial charge on any atom is -0.504 e. The molecule has 0 spiro atoms. The number of rotatable bonds is 2. The zero-order chi connectivity index (χ0) is 15.9. The number of phenols is 3. The van der Waals surface area contributed by atoms with E-state index < -0.39 is 17.2 Å². The Kier molecular flexibility index (Phi) is 3.60. The van der Waals surface area contributed by atoms with Gasteiger partial charge in [0, 0.05) is 11.1 Å². The Balaban J connectivity index is 2.17. The molecule has 112 valence electrons. The van der Waals surface area contributed by atoms with E-state index in [-0.39, 0.29) is 0 Å². The Morgan fingerprint density at radius 1 is 0.864 bits per heavy atom. The Labute approximate surface area is 135 Å². The molecule has 0 atom stereocenters. The van der Waals surface area contributed by atoms with Gasteiger partial charge in [0.25, 0.3) is 0 Å². The maximum absolute atomic E-state index is 10.0. The van der Waals surface area contributed by atoms with Crippen LogP contribution in [0.25, 0.3) is 22.4 Å².